The quantitative estimate of drug-likeness (QED) is 0.763. The average molecular weight is 192 g/mol. The van der Waals surface area contributed by atoms with Crippen molar-refractivity contribution in [1.82, 2.24) is 4.57 Å². The minimum absolute atomic E-state index is 0.622. The van der Waals surface area contributed by atoms with Crippen LogP contribution in [0.1, 0.15) is 36.8 Å². The minimum atomic E-state index is 0.622. The average Bonchev–Trinajstić information content (AvgIpc) is 2.56. The Bertz CT molecular complexity index is 314. The highest BCUT2D eigenvalue weighted by molar-refractivity contribution is 5.31. The molecule has 0 saturated carbocycles. The van der Waals surface area contributed by atoms with Crippen LogP contribution in [0, 0.1) is 5.92 Å². The van der Waals surface area contributed by atoms with Crippen molar-refractivity contribution >= 4 is 0 Å². The number of aromatic nitrogens is 1. The van der Waals surface area contributed by atoms with Crippen LogP contribution in [0.5, 0.6) is 0 Å². The van der Waals surface area contributed by atoms with Crippen LogP contribution < -0.4 is 5.73 Å². The number of hydrogen-bond donors (Lipinski definition) is 1. The molecule has 1 aromatic heterocycles. The van der Waals surface area contributed by atoms with Gasteiger partial charge in [-0.3, -0.25) is 0 Å². The van der Waals surface area contributed by atoms with Gasteiger partial charge >= 0.3 is 0 Å². The van der Waals surface area contributed by atoms with Crippen LogP contribution in [-0.2, 0) is 13.5 Å². The Morgan fingerprint density at radius 3 is 3.07 bits per heavy atom. The molecule has 2 nitrogen and oxygen atoms in total. The summed E-state index contributed by atoms with van der Waals surface area (Å²) in [5.74, 6) is 1.32. The number of nitrogens with zero attached hydrogens (tertiary/aromatic N) is 1. The highest BCUT2D eigenvalue weighted by atomic mass is 14.9. The van der Waals surface area contributed by atoms with E-state index in [0.29, 0.717) is 11.8 Å². The number of rotatable bonds is 2. The van der Waals surface area contributed by atoms with Crippen molar-refractivity contribution in [3.05, 3.63) is 23.5 Å². The number of hydrogen-bond acceptors (Lipinski definition) is 1. The molecular weight excluding hydrogens is 172 g/mol. The van der Waals surface area contributed by atoms with E-state index in [0.717, 1.165) is 6.54 Å². The van der Waals surface area contributed by atoms with E-state index in [4.69, 9.17) is 5.73 Å². The maximum atomic E-state index is 5.76. The molecule has 1 aliphatic rings. The molecule has 1 aliphatic carbocycles. The SMILES string of the molecule is CC(CN)C1CCCc2cn(C)cc21. The maximum absolute atomic E-state index is 5.76. The third kappa shape index (κ3) is 1.59. The molecular formula is C12H20N2. The van der Waals surface area contributed by atoms with Crippen LogP contribution in [0.3, 0.4) is 0 Å². The summed E-state index contributed by atoms with van der Waals surface area (Å²) in [6, 6.07) is 0. The summed E-state index contributed by atoms with van der Waals surface area (Å²) in [4.78, 5) is 0. The van der Waals surface area contributed by atoms with Crippen LogP contribution in [-0.4, -0.2) is 11.1 Å². The molecule has 0 radical (unpaired) electrons. The van der Waals surface area contributed by atoms with Crippen LogP contribution >= 0.6 is 0 Å². The highest BCUT2D eigenvalue weighted by Gasteiger charge is 2.25. The van der Waals surface area contributed by atoms with Gasteiger partial charge in [-0.1, -0.05) is 6.92 Å². The van der Waals surface area contributed by atoms with Crippen LogP contribution in [0.15, 0.2) is 12.4 Å². The largest absolute Gasteiger partial charge is 0.357 e. The first-order valence-corrected chi connectivity index (χ1v) is 5.57. The molecule has 0 bridgehead atoms. The molecule has 2 atom stereocenters. The molecule has 2 unspecified atom stereocenters. The molecule has 0 saturated heterocycles. The first kappa shape index (κ1) is 9.78. The van der Waals surface area contributed by atoms with Crippen molar-refractivity contribution in [2.24, 2.45) is 18.7 Å². The van der Waals surface area contributed by atoms with E-state index in [1.54, 1.807) is 11.1 Å². The van der Waals surface area contributed by atoms with E-state index >= 15 is 0 Å². The van der Waals surface area contributed by atoms with Crippen molar-refractivity contribution < 1.29 is 0 Å². The maximum Gasteiger partial charge on any atom is 0.0106 e. The molecule has 0 aliphatic heterocycles. The summed E-state index contributed by atoms with van der Waals surface area (Å²) >= 11 is 0. The lowest BCUT2D eigenvalue weighted by Gasteiger charge is -2.27. The molecule has 0 aromatic carbocycles. The van der Waals surface area contributed by atoms with Gasteiger partial charge in [0.05, 0.1) is 0 Å². The van der Waals surface area contributed by atoms with Crippen LogP contribution in [0.4, 0.5) is 0 Å². The van der Waals surface area contributed by atoms with Crippen molar-refractivity contribution in [2.45, 2.75) is 32.1 Å². The summed E-state index contributed by atoms with van der Waals surface area (Å²) in [7, 11) is 2.11. The third-order valence-electron chi connectivity index (χ3n) is 3.49. The molecule has 0 spiro atoms. The molecule has 78 valence electrons. The van der Waals surface area contributed by atoms with E-state index in [-0.39, 0.29) is 0 Å². The van der Waals surface area contributed by atoms with Gasteiger partial charge < -0.3 is 10.3 Å². The van der Waals surface area contributed by atoms with Gasteiger partial charge in [0.1, 0.15) is 0 Å². The van der Waals surface area contributed by atoms with Gasteiger partial charge in [0, 0.05) is 19.4 Å². The van der Waals surface area contributed by atoms with Crippen molar-refractivity contribution in [3.63, 3.8) is 0 Å². The highest BCUT2D eigenvalue weighted by Crippen LogP contribution is 2.36. The smallest absolute Gasteiger partial charge is 0.0106 e. The van der Waals surface area contributed by atoms with Crippen molar-refractivity contribution in [3.8, 4) is 0 Å². The fourth-order valence-electron chi connectivity index (χ4n) is 2.63. The number of fused-ring (bicyclic) bond motifs is 1. The predicted octanol–water partition coefficient (Wildman–Crippen LogP) is 2.04. The molecule has 2 rings (SSSR count). The van der Waals surface area contributed by atoms with Crippen LogP contribution in [0.25, 0.3) is 0 Å². The predicted molar refractivity (Wildman–Crippen MR) is 59.3 cm³/mol. The lowest BCUT2D eigenvalue weighted by atomic mass is 9.78. The normalized spacial score (nSPS) is 23.2. The molecule has 2 heteroatoms. The molecule has 0 amide bonds. The summed E-state index contributed by atoms with van der Waals surface area (Å²) in [5.41, 5.74) is 8.86. The van der Waals surface area contributed by atoms with Gasteiger partial charge in [-0.25, -0.2) is 0 Å². The van der Waals surface area contributed by atoms with Gasteiger partial charge in [0.2, 0.25) is 0 Å². The lowest BCUT2D eigenvalue weighted by molar-refractivity contribution is 0.414. The fourth-order valence-corrected chi connectivity index (χ4v) is 2.63. The Morgan fingerprint density at radius 1 is 1.57 bits per heavy atom. The van der Waals surface area contributed by atoms with Crippen molar-refractivity contribution in [2.75, 3.05) is 6.54 Å². The molecule has 1 heterocycles. The summed E-state index contributed by atoms with van der Waals surface area (Å²) in [5, 5.41) is 0. The molecule has 2 N–H and O–H groups in total. The monoisotopic (exact) mass is 192 g/mol. The number of nitrogens with two attached hydrogens (primary N) is 1. The van der Waals surface area contributed by atoms with E-state index in [1.807, 2.05) is 0 Å². The van der Waals surface area contributed by atoms with E-state index in [9.17, 15) is 0 Å². The Hall–Kier alpha value is -0.760. The van der Waals surface area contributed by atoms with E-state index in [1.165, 1.54) is 19.3 Å². The lowest BCUT2D eigenvalue weighted by Crippen LogP contribution is -2.22. The summed E-state index contributed by atoms with van der Waals surface area (Å²) in [6.07, 6.45) is 8.45. The second-order valence-corrected chi connectivity index (χ2v) is 4.62. The van der Waals surface area contributed by atoms with Gasteiger partial charge in [-0.15, -0.1) is 0 Å². The zero-order chi connectivity index (χ0) is 10.1. The Morgan fingerprint density at radius 2 is 2.36 bits per heavy atom. The van der Waals surface area contributed by atoms with Gasteiger partial charge in [-0.05, 0) is 48.8 Å². The van der Waals surface area contributed by atoms with Crippen molar-refractivity contribution in [1.29, 1.82) is 0 Å². The van der Waals surface area contributed by atoms with Gasteiger partial charge in [-0.2, -0.15) is 0 Å². The second kappa shape index (κ2) is 3.77. The van der Waals surface area contributed by atoms with Gasteiger partial charge in [0.25, 0.3) is 0 Å². The molecule has 0 fully saturated rings. The Labute approximate surface area is 86.1 Å². The van der Waals surface area contributed by atoms with E-state index < -0.39 is 0 Å². The zero-order valence-corrected chi connectivity index (χ0v) is 9.16. The van der Waals surface area contributed by atoms with Gasteiger partial charge in [0.15, 0.2) is 0 Å². The fraction of sp³-hybridized carbons (Fsp3) is 0.667. The zero-order valence-electron chi connectivity index (χ0n) is 9.16. The standard InChI is InChI=1S/C12H20N2/c1-9(6-13)11-5-3-4-10-7-14(2)8-12(10)11/h7-9,11H,3-6,13H2,1-2H3. The minimum Gasteiger partial charge on any atom is -0.357 e. The first-order valence-electron chi connectivity index (χ1n) is 5.57. The summed E-state index contributed by atoms with van der Waals surface area (Å²) < 4.78 is 2.19. The first-order chi connectivity index (χ1) is 6.72. The van der Waals surface area contributed by atoms with E-state index in [2.05, 4.69) is 30.9 Å². The molecule has 14 heavy (non-hydrogen) atoms. The molecule has 1 aromatic rings. The second-order valence-electron chi connectivity index (χ2n) is 4.62. The Balaban J connectivity index is 2.30. The topological polar surface area (TPSA) is 30.9 Å². The summed E-state index contributed by atoms with van der Waals surface area (Å²) in [6.45, 7) is 3.08. The van der Waals surface area contributed by atoms with Crippen LogP contribution in [0.2, 0.25) is 0 Å². The Kier molecular flexibility index (Phi) is 2.64. The third-order valence-corrected chi connectivity index (χ3v) is 3.49. The number of aryl methyl sites for hydroxylation is 2.